The van der Waals surface area contributed by atoms with E-state index in [2.05, 4.69) is 27.1 Å². The fourth-order valence-corrected chi connectivity index (χ4v) is 3.12. The van der Waals surface area contributed by atoms with Crippen molar-refractivity contribution in [2.24, 2.45) is 0 Å². The molecule has 0 bridgehead atoms. The molecule has 0 atom stereocenters. The Labute approximate surface area is 160 Å². The van der Waals surface area contributed by atoms with Crippen LogP contribution in [0.25, 0.3) is 11.5 Å². The number of nitrogens with zero attached hydrogens (tertiary/aromatic N) is 4. The van der Waals surface area contributed by atoms with Crippen LogP contribution in [-0.2, 0) is 11.3 Å². The topological polar surface area (TPSA) is 72.7 Å². The smallest absolute Gasteiger partial charge is 0.234 e. The standard InChI is InChI=1S/C19H18FN5OS/c1-3-10-25-18(16-6-4-5-9-21-16)23-24-19(25)27-12-17(26)22-14-8-7-13(2)15(20)11-14/h3-9,11H,1,10,12H2,2H3,(H,22,26). The van der Waals surface area contributed by atoms with Crippen LogP contribution in [0, 0.1) is 12.7 Å². The van der Waals surface area contributed by atoms with E-state index >= 15 is 0 Å². The summed E-state index contributed by atoms with van der Waals surface area (Å²) in [5.41, 5.74) is 1.64. The molecule has 0 unspecified atom stereocenters. The van der Waals surface area contributed by atoms with Gasteiger partial charge in [-0.25, -0.2) is 4.39 Å². The van der Waals surface area contributed by atoms with Crippen molar-refractivity contribution in [2.45, 2.75) is 18.6 Å². The minimum Gasteiger partial charge on any atom is -0.325 e. The molecular formula is C19H18FN5OS. The zero-order valence-electron chi connectivity index (χ0n) is 14.7. The second-order valence-corrected chi connectivity index (χ2v) is 6.66. The lowest BCUT2D eigenvalue weighted by Gasteiger charge is -2.08. The largest absolute Gasteiger partial charge is 0.325 e. The van der Waals surface area contributed by atoms with Crippen molar-refractivity contribution in [3.8, 4) is 11.5 Å². The lowest BCUT2D eigenvalue weighted by atomic mass is 10.2. The van der Waals surface area contributed by atoms with Gasteiger partial charge in [-0.2, -0.15) is 0 Å². The molecule has 6 nitrogen and oxygen atoms in total. The molecule has 3 aromatic rings. The quantitative estimate of drug-likeness (QED) is 0.497. The maximum Gasteiger partial charge on any atom is 0.234 e. The molecule has 27 heavy (non-hydrogen) atoms. The van der Waals surface area contributed by atoms with Gasteiger partial charge in [0.2, 0.25) is 5.91 Å². The Balaban J connectivity index is 1.70. The summed E-state index contributed by atoms with van der Waals surface area (Å²) in [6.07, 6.45) is 3.41. The van der Waals surface area contributed by atoms with Gasteiger partial charge in [0.15, 0.2) is 11.0 Å². The van der Waals surface area contributed by atoms with E-state index in [4.69, 9.17) is 0 Å². The fourth-order valence-electron chi connectivity index (χ4n) is 2.37. The van der Waals surface area contributed by atoms with Crippen LogP contribution in [0.1, 0.15) is 5.56 Å². The zero-order valence-corrected chi connectivity index (χ0v) is 15.5. The number of aryl methyl sites for hydroxylation is 1. The number of rotatable bonds is 7. The van der Waals surface area contributed by atoms with Crippen LogP contribution in [0.2, 0.25) is 0 Å². The third kappa shape index (κ3) is 4.59. The average Bonchev–Trinajstić information content (AvgIpc) is 3.07. The van der Waals surface area contributed by atoms with E-state index < -0.39 is 0 Å². The third-order valence-electron chi connectivity index (χ3n) is 3.71. The SMILES string of the molecule is C=CCn1c(SCC(=O)Nc2ccc(C)c(F)c2)nnc1-c1ccccn1. The Hall–Kier alpha value is -3.00. The first-order chi connectivity index (χ1) is 13.1. The second kappa shape index (κ2) is 8.59. The Kier molecular flexibility index (Phi) is 5.97. The summed E-state index contributed by atoms with van der Waals surface area (Å²) in [4.78, 5) is 16.5. The minimum absolute atomic E-state index is 0.118. The van der Waals surface area contributed by atoms with Gasteiger partial charge in [-0.3, -0.25) is 14.3 Å². The molecule has 2 heterocycles. The lowest BCUT2D eigenvalue weighted by molar-refractivity contribution is -0.113. The van der Waals surface area contributed by atoms with Crippen LogP contribution in [0.3, 0.4) is 0 Å². The van der Waals surface area contributed by atoms with Crippen LogP contribution in [0.5, 0.6) is 0 Å². The molecule has 0 saturated heterocycles. The molecular weight excluding hydrogens is 365 g/mol. The number of carbonyl (C=O) groups is 1. The summed E-state index contributed by atoms with van der Waals surface area (Å²) in [6, 6.07) is 10.1. The minimum atomic E-state index is -0.355. The molecule has 1 amide bonds. The van der Waals surface area contributed by atoms with Crippen LogP contribution < -0.4 is 5.32 Å². The van der Waals surface area contributed by atoms with Gasteiger partial charge in [0.1, 0.15) is 11.5 Å². The zero-order chi connectivity index (χ0) is 19.2. The fraction of sp³-hybridized carbons (Fsp3) is 0.158. The monoisotopic (exact) mass is 383 g/mol. The number of hydrogen-bond acceptors (Lipinski definition) is 5. The third-order valence-corrected chi connectivity index (χ3v) is 4.68. The van der Waals surface area contributed by atoms with E-state index in [0.29, 0.717) is 34.5 Å². The molecule has 0 radical (unpaired) electrons. The number of aromatic nitrogens is 4. The van der Waals surface area contributed by atoms with Crippen molar-refractivity contribution in [2.75, 3.05) is 11.1 Å². The molecule has 138 valence electrons. The predicted octanol–water partition coefficient (Wildman–Crippen LogP) is 3.70. The number of nitrogens with one attached hydrogen (secondary N) is 1. The van der Waals surface area contributed by atoms with Gasteiger partial charge >= 0.3 is 0 Å². The van der Waals surface area contributed by atoms with E-state index in [1.807, 2.05) is 22.8 Å². The summed E-state index contributed by atoms with van der Waals surface area (Å²) >= 11 is 1.25. The van der Waals surface area contributed by atoms with E-state index in [1.165, 1.54) is 17.8 Å². The number of allylic oxidation sites excluding steroid dienone is 1. The Morgan fingerprint density at radius 3 is 2.89 bits per heavy atom. The van der Waals surface area contributed by atoms with Crippen LogP contribution in [-0.4, -0.2) is 31.4 Å². The number of pyridine rings is 1. The summed E-state index contributed by atoms with van der Waals surface area (Å²) in [7, 11) is 0. The van der Waals surface area contributed by atoms with E-state index in [1.54, 1.807) is 31.3 Å². The summed E-state index contributed by atoms with van der Waals surface area (Å²) in [6.45, 7) is 5.92. The maximum atomic E-state index is 13.6. The number of anilines is 1. The molecule has 0 saturated carbocycles. The number of hydrogen-bond donors (Lipinski definition) is 1. The van der Waals surface area contributed by atoms with Crippen LogP contribution >= 0.6 is 11.8 Å². The first-order valence-electron chi connectivity index (χ1n) is 8.23. The van der Waals surface area contributed by atoms with Gasteiger partial charge < -0.3 is 5.32 Å². The van der Waals surface area contributed by atoms with Gasteiger partial charge in [-0.15, -0.1) is 16.8 Å². The van der Waals surface area contributed by atoms with E-state index in [9.17, 15) is 9.18 Å². The van der Waals surface area contributed by atoms with Crippen molar-refractivity contribution in [1.82, 2.24) is 19.7 Å². The van der Waals surface area contributed by atoms with Gasteiger partial charge in [-0.05, 0) is 36.8 Å². The first-order valence-corrected chi connectivity index (χ1v) is 9.21. The molecule has 0 fully saturated rings. The summed E-state index contributed by atoms with van der Waals surface area (Å²) in [5.74, 6) is 0.119. The van der Waals surface area contributed by atoms with E-state index in [0.717, 1.165) is 0 Å². The number of halogens is 1. The normalized spacial score (nSPS) is 10.6. The molecule has 8 heteroatoms. The van der Waals surface area contributed by atoms with Gasteiger partial charge in [0, 0.05) is 18.4 Å². The Bertz CT molecular complexity index is 958. The lowest BCUT2D eigenvalue weighted by Crippen LogP contribution is -2.15. The highest BCUT2D eigenvalue weighted by atomic mass is 32.2. The first kappa shape index (κ1) is 18.8. The van der Waals surface area contributed by atoms with Crippen molar-refractivity contribution >= 4 is 23.4 Å². The predicted molar refractivity (Wildman–Crippen MR) is 104 cm³/mol. The Morgan fingerprint density at radius 1 is 1.33 bits per heavy atom. The van der Waals surface area contributed by atoms with Crippen molar-refractivity contribution in [1.29, 1.82) is 0 Å². The van der Waals surface area contributed by atoms with Crippen molar-refractivity contribution in [3.63, 3.8) is 0 Å². The Morgan fingerprint density at radius 2 is 2.19 bits per heavy atom. The highest BCUT2D eigenvalue weighted by Gasteiger charge is 2.15. The van der Waals surface area contributed by atoms with Crippen molar-refractivity contribution < 1.29 is 9.18 Å². The van der Waals surface area contributed by atoms with Crippen molar-refractivity contribution in [3.05, 3.63) is 66.6 Å². The number of amides is 1. The molecule has 3 rings (SSSR count). The van der Waals surface area contributed by atoms with Gasteiger partial charge in [0.05, 0.1) is 5.75 Å². The molecule has 0 aliphatic heterocycles. The molecule has 1 N–H and O–H groups in total. The van der Waals surface area contributed by atoms with Gasteiger partial charge in [0.25, 0.3) is 0 Å². The number of thioether (sulfide) groups is 1. The van der Waals surface area contributed by atoms with Crippen LogP contribution in [0.15, 0.2) is 60.4 Å². The van der Waals surface area contributed by atoms with E-state index in [-0.39, 0.29) is 17.5 Å². The second-order valence-electron chi connectivity index (χ2n) is 5.72. The molecule has 0 aliphatic carbocycles. The molecule has 0 aliphatic rings. The maximum absolute atomic E-state index is 13.6. The average molecular weight is 383 g/mol. The number of carbonyl (C=O) groups excluding carboxylic acids is 1. The number of benzene rings is 1. The van der Waals surface area contributed by atoms with Gasteiger partial charge in [-0.1, -0.05) is 30.0 Å². The molecule has 1 aromatic carbocycles. The van der Waals surface area contributed by atoms with Crippen LogP contribution in [0.4, 0.5) is 10.1 Å². The molecule has 2 aromatic heterocycles. The molecule has 0 spiro atoms. The summed E-state index contributed by atoms with van der Waals surface area (Å²) in [5, 5.41) is 11.6. The highest BCUT2D eigenvalue weighted by Crippen LogP contribution is 2.23. The summed E-state index contributed by atoms with van der Waals surface area (Å²) < 4.78 is 15.4. The highest BCUT2D eigenvalue weighted by molar-refractivity contribution is 7.99.